The number of hydrogen-bond acceptors (Lipinski definition) is 23. The Kier molecular flexibility index (Phi) is 41.9. The molecule has 2 rings (SSSR count). The first-order valence-corrected chi connectivity index (χ1v) is 37.2. The monoisotopic (exact) mass is 1610 g/mol. The predicted octanol–water partition coefficient (Wildman–Crippen LogP) is -9.09. The maximum absolute atomic E-state index is 14.7. The number of likely N-dealkylation sites (tertiary alicyclic amines) is 1. The molecule has 0 radical (unpaired) electrons. The van der Waals surface area contributed by atoms with Crippen LogP contribution in [0.1, 0.15) is 152 Å². The molecule has 1 aliphatic rings. The Labute approximate surface area is 658 Å². The number of hydrogen-bond donors (Lipinski definition) is 22. The van der Waals surface area contributed by atoms with Crippen LogP contribution in [0.25, 0.3) is 0 Å². The molecule has 1 aliphatic heterocycles. The third-order valence-electron chi connectivity index (χ3n) is 18.6. The number of carbonyl (C=O) groups is 20. The highest BCUT2D eigenvalue weighted by Crippen LogP contribution is 2.22. The highest BCUT2D eigenvalue weighted by molar-refractivity contribution is 6.02. The first kappa shape index (κ1) is 98.6. The quantitative estimate of drug-likeness (QED) is 0.0288. The van der Waals surface area contributed by atoms with Gasteiger partial charge in [-0.1, -0.05) is 98.6 Å². The minimum absolute atomic E-state index is 0.0473. The van der Waals surface area contributed by atoms with Gasteiger partial charge in [-0.15, -0.1) is 0 Å². The molecule has 43 heteroatoms. The number of aliphatic carboxylic acids is 1. The summed E-state index contributed by atoms with van der Waals surface area (Å²) in [5.74, 6) is -23.9. The van der Waals surface area contributed by atoms with Gasteiger partial charge in [0, 0.05) is 32.2 Å². The molecule has 1 heterocycles. The van der Waals surface area contributed by atoms with Gasteiger partial charge in [-0.2, -0.15) is 0 Å². The molecule has 0 saturated carbocycles. The van der Waals surface area contributed by atoms with Gasteiger partial charge in [-0.3, -0.25) is 91.1 Å². The molecule has 43 nitrogen and oxygen atoms in total. The zero-order valence-corrected chi connectivity index (χ0v) is 65.6. The van der Waals surface area contributed by atoms with Crippen LogP contribution in [0.4, 0.5) is 0 Å². The second-order valence-electron chi connectivity index (χ2n) is 28.7. The van der Waals surface area contributed by atoms with Crippen molar-refractivity contribution in [1.29, 1.82) is 0 Å². The molecule has 28 N–H and O–H groups in total. The van der Waals surface area contributed by atoms with Gasteiger partial charge in [0.15, 0.2) is 6.04 Å². The molecule has 1 aromatic carbocycles. The van der Waals surface area contributed by atoms with Crippen molar-refractivity contribution in [3.05, 3.63) is 35.9 Å². The molecule has 1 fully saturated rings. The number of rotatable bonds is 51. The second-order valence-corrected chi connectivity index (χ2v) is 28.7. The van der Waals surface area contributed by atoms with E-state index in [2.05, 4.69) is 63.8 Å². The van der Waals surface area contributed by atoms with Crippen LogP contribution < -0.4 is 104 Å². The summed E-state index contributed by atoms with van der Waals surface area (Å²) in [6.07, 6.45) is -7.92. The number of carboxylic acids is 1. The van der Waals surface area contributed by atoms with Crippen LogP contribution in [0.3, 0.4) is 0 Å². The van der Waals surface area contributed by atoms with E-state index >= 15 is 0 Å². The largest absolute Gasteiger partial charge is 0.480 e. The van der Waals surface area contributed by atoms with Crippen molar-refractivity contribution < 1.29 is 111 Å². The highest BCUT2D eigenvalue weighted by atomic mass is 16.4. The third kappa shape index (κ3) is 33.8. The number of carbonyl (C=O) groups excluding carboxylic acids is 19. The third-order valence-corrected chi connectivity index (χ3v) is 18.6. The normalized spacial score (nSPS) is 16.7. The average molecular weight is 1620 g/mol. The van der Waals surface area contributed by atoms with E-state index in [-0.39, 0.29) is 38.1 Å². The Hall–Kier alpha value is -11.5. The summed E-state index contributed by atoms with van der Waals surface area (Å²) in [6.45, 7) is 13.3. The van der Waals surface area contributed by atoms with Gasteiger partial charge in [-0.25, -0.2) is 4.79 Å². The van der Waals surface area contributed by atoms with Gasteiger partial charge in [0.2, 0.25) is 112 Å². The zero-order chi connectivity index (χ0) is 86.7. The van der Waals surface area contributed by atoms with Crippen LogP contribution in [-0.4, -0.2) is 249 Å². The highest BCUT2D eigenvalue weighted by Gasteiger charge is 2.43. The molecular weight excluding hydrogens is 1500 g/mol. The summed E-state index contributed by atoms with van der Waals surface area (Å²) >= 11 is 0. The molecule has 114 heavy (non-hydrogen) atoms. The molecule has 636 valence electrons. The first-order chi connectivity index (χ1) is 53.2. The van der Waals surface area contributed by atoms with Crippen molar-refractivity contribution in [3.63, 3.8) is 0 Å². The molecule has 17 atom stereocenters. The van der Waals surface area contributed by atoms with Crippen molar-refractivity contribution in [2.45, 2.75) is 243 Å². The van der Waals surface area contributed by atoms with Gasteiger partial charge in [0.1, 0.15) is 66.5 Å². The molecule has 0 aliphatic carbocycles. The molecule has 0 spiro atoms. The Bertz CT molecular complexity index is 3600. The molecule has 19 amide bonds. The average Bonchev–Trinajstić information content (AvgIpc) is 1.62. The van der Waals surface area contributed by atoms with Crippen LogP contribution in [0, 0.1) is 23.7 Å². The van der Waals surface area contributed by atoms with Gasteiger partial charge >= 0.3 is 5.97 Å². The number of benzene rings is 1. The summed E-state index contributed by atoms with van der Waals surface area (Å²) in [7, 11) is 0. The standard InChI is InChI=1S/C71H114N20O23/c1-11-34(7)55(68(110)87-54(33(5)6)67(109)85-42(27-38-17-14-13-15-18-38)61(103)82-40(21-24-47(73)95)60(102)81-39(20-23-46(72)94)59(101)78-31-52(100)86-58(37(10)93)71(113)114)88-64(106)45-19-16-26-91(45)70(112)41(22-25-48(74)96)83-63(105)44(29-50(76)98)84-62(104)43(28-49(75)97)80-51(99)30-79-66(108)57(36(9)92)90-69(111)56(35(8)12-2)89-65(107)53(77)32(3)4/h13-15,17-18,32-37,39-45,53-58,92-93H,11-12,16,19-31,77H2,1-10H3,(H2,72,94)(H2,73,95)(H2,74,96)(H2,75,97)(H2,76,98)(H,78,101)(H,79,108)(H,80,99)(H,81,102)(H,82,103)(H,83,105)(H,84,104)(H,85,109)(H,86,100)(H,87,110)(H,88,106)(H,89,107)(H,90,111)(H,113,114)/t34-,35-,36+,37+,39-,40-,41-,42-,43-,44-,45-,53-,54-,55-,56-,57-,58-/m0/s1. The lowest BCUT2D eigenvalue weighted by molar-refractivity contribution is -0.144. The second kappa shape index (κ2) is 48.4. The van der Waals surface area contributed by atoms with Crippen LogP contribution in [0.5, 0.6) is 0 Å². The van der Waals surface area contributed by atoms with E-state index in [9.17, 15) is 111 Å². The Morgan fingerprint density at radius 3 is 1.27 bits per heavy atom. The van der Waals surface area contributed by atoms with Crippen molar-refractivity contribution >= 4 is 118 Å². The maximum atomic E-state index is 14.7. The summed E-state index contributed by atoms with van der Waals surface area (Å²) in [6, 6.07) is -12.7. The molecular formula is C71H114N20O23. The molecule has 0 aromatic heterocycles. The van der Waals surface area contributed by atoms with Crippen molar-refractivity contribution in [3.8, 4) is 0 Å². The molecule has 1 saturated heterocycles. The van der Waals surface area contributed by atoms with E-state index in [1.54, 1.807) is 71.9 Å². The Morgan fingerprint density at radius 2 is 0.816 bits per heavy atom. The molecule has 0 unspecified atom stereocenters. The first-order valence-electron chi connectivity index (χ1n) is 37.2. The lowest BCUT2D eigenvalue weighted by atomic mass is 9.95. The summed E-state index contributed by atoms with van der Waals surface area (Å²) in [4.78, 5) is 268. The van der Waals surface area contributed by atoms with Gasteiger partial charge in [-0.05, 0) is 75.2 Å². The number of nitrogens with two attached hydrogens (primary N) is 6. The van der Waals surface area contributed by atoms with Crippen molar-refractivity contribution in [2.75, 3.05) is 19.6 Å². The Morgan fingerprint density at radius 1 is 0.421 bits per heavy atom. The lowest BCUT2D eigenvalue weighted by Crippen LogP contribution is -2.62. The fourth-order valence-corrected chi connectivity index (χ4v) is 11.4. The van der Waals surface area contributed by atoms with E-state index in [4.69, 9.17) is 34.4 Å². The van der Waals surface area contributed by atoms with Crippen LogP contribution in [0.15, 0.2) is 30.3 Å². The Balaban J connectivity index is 2.46. The number of carboxylic acid groups (broad SMARTS) is 1. The number of nitrogens with one attached hydrogen (secondary N) is 13. The number of aliphatic hydroxyl groups excluding tert-OH is 2. The number of amides is 19. The number of aliphatic hydroxyl groups is 2. The SMILES string of the molecule is CC[C@H](C)[C@H](NC(=O)[C@@H](N)C(C)C)C(=O)N[C@H](C(=O)NCC(=O)N[C@@H](CC(N)=O)C(=O)N[C@@H](CC(N)=O)C(=O)N[C@@H](CCC(N)=O)C(=O)N1CCC[C@H]1C(=O)N[C@H](C(=O)N[C@H](C(=O)N[C@@H](Cc1ccccc1)C(=O)N[C@@H](CCC(N)=O)C(=O)N[C@@H](CCC(N)=O)C(=O)NCC(=O)N[C@H](C(=O)O)[C@@H](C)O)C(C)C)[C@@H](C)CC)[C@@H](C)O. The van der Waals surface area contributed by atoms with Gasteiger partial charge in [0.25, 0.3) is 0 Å². The van der Waals surface area contributed by atoms with E-state index < -0.39 is 291 Å². The zero-order valence-electron chi connectivity index (χ0n) is 65.6. The minimum Gasteiger partial charge on any atom is -0.480 e. The number of nitrogens with zero attached hydrogens (tertiary/aromatic N) is 1. The molecule has 1 aromatic rings. The summed E-state index contributed by atoms with van der Waals surface area (Å²) in [5, 5.41) is 60.4. The van der Waals surface area contributed by atoms with E-state index in [0.717, 1.165) is 18.7 Å². The number of primary amides is 5. The van der Waals surface area contributed by atoms with Gasteiger partial charge in [0.05, 0.1) is 44.2 Å². The fraction of sp³-hybridized carbons (Fsp3) is 0.634. The topological polar surface area (TPSA) is 718 Å². The minimum atomic E-state index is -2.02. The summed E-state index contributed by atoms with van der Waals surface area (Å²) in [5.41, 5.74) is 33.6. The van der Waals surface area contributed by atoms with Crippen LogP contribution in [0.2, 0.25) is 0 Å². The smallest absolute Gasteiger partial charge is 0.328 e. The van der Waals surface area contributed by atoms with Crippen LogP contribution in [-0.2, 0) is 102 Å². The van der Waals surface area contributed by atoms with E-state index in [1.807, 2.05) is 5.32 Å². The van der Waals surface area contributed by atoms with Crippen molar-refractivity contribution in [2.24, 2.45) is 58.1 Å². The summed E-state index contributed by atoms with van der Waals surface area (Å²) < 4.78 is 0. The van der Waals surface area contributed by atoms with E-state index in [0.29, 0.717) is 12.0 Å². The lowest BCUT2D eigenvalue weighted by Gasteiger charge is -2.32. The fourth-order valence-electron chi connectivity index (χ4n) is 11.4. The molecule has 0 bridgehead atoms. The maximum Gasteiger partial charge on any atom is 0.328 e. The predicted molar refractivity (Wildman–Crippen MR) is 403 cm³/mol. The van der Waals surface area contributed by atoms with Gasteiger partial charge < -0.3 is 124 Å². The van der Waals surface area contributed by atoms with E-state index in [1.165, 1.54) is 13.8 Å². The van der Waals surface area contributed by atoms with Crippen molar-refractivity contribution in [1.82, 2.24) is 74.0 Å². The van der Waals surface area contributed by atoms with Crippen LogP contribution >= 0.6 is 0 Å².